The molecule has 0 aromatic heterocycles. The maximum Gasteiger partial charge on any atom is 0.341 e. The number of piperidine rings is 1. The van der Waals surface area contributed by atoms with Gasteiger partial charge in [0.25, 0.3) is 5.91 Å². The van der Waals surface area contributed by atoms with E-state index in [1.165, 1.54) is 38.3 Å². The molecule has 0 bridgehead atoms. The molecule has 1 unspecified atom stereocenters. The van der Waals surface area contributed by atoms with Gasteiger partial charge < -0.3 is 15.0 Å². The van der Waals surface area contributed by atoms with Gasteiger partial charge in [0.15, 0.2) is 6.10 Å². The second kappa shape index (κ2) is 9.82. The summed E-state index contributed by atoms with van der Waals surface area (Å²) >= 11 is 0. The van der Waals surface area contributed by atoms with Gasteiger partial charge in [0, 0.05) is 24.5 Å². The van der Waals surface area contributed by atoms with Crippen molar-refractivity contribution in [3.05, 3.63) is 54.1 Å². The van der Waals surface area contributed by atoms with Gasteiger partial charge in [-0.25, -0.2) is 13.2 Å². The second-order valence-corrected chi connectivity index (χ2v) is 9.30. The fourth-order valence-electron chi connectivity index (χ4n) is 3.38. The fraction of sp³-hybridized carbons (Fsp3) is 0.364. The van der Waals surface area contributed by atoms with Gasteiger partial charge in [-0.05, 0) is 62.6 Å². The Bertz CT molecular complexity index is 1030. The molecule has 3 rings (SSSR count). The van der Waals surface area contributed by atoms with Gasteiger partial charge in [0.05, 0.1) is 17.5 Å². The first kappa shape index (κ1) is 22.6. The smallest absolute Gasteiger partial charge is 0.341 e. The summed E-state index contributed by atoms with van der Waals surface area (Å²) in [5.74, 6) is -1.28. The van der Waals surface area contributed by atoms with Crippen molar-refractivity contribution in [1.29, 1.82) is 0 Å². The van der Waals surface area contributed by atoms with Crippen molar-refractivity contribution in [3.8, 4) is 0 Å². The van der Waals surface area contributed by atoms with Crippen molar-refractivity contribution in [2.75, 3.05) is 34.3 Å². The van der Waals surface area contributed by atoms with E-state index in [-0.39, 0.29) is 11.3 Å². The largest absolute Gasteiger partial charge is 0.449 e. The standard InChI is InChI=1S/C22H27N3O5S/c1-16(30-22(27)19-8-4-5-9-20(19)24-31(2,28)29)21(26)23-17-10-12-18(13-11-17)25-14-6-3-7-15-25/h4-5,8-13,16,24H,3,6-7,14-15H2,1-2H3,(H,23,26). The van der Waals surface area contributed by atoms with Crippen LogP contribution in [0.15, 0.2) is 48.5 Å². The minimum absolute atomic E-state index is 0.0264. The number of para-hydroxylation sites is 1. The average molecular weight is 446 g/mol. The van der Waals surface area contributed by atoms with Crippen molar-refractivity contribution < 1.29 is 22.7 Å². The topological polar surface area (TPSA) is 105 Å². The third-order valence-corrected chi connectivity index (χ3v) is 5.54. The number of hydrogen-bond acceptors (Lipinski definition) is 6. The summed E-state index contributed by atoms with van der Waals surface area (Å²) in [5.41, 5.74) is 1.84. The van der Waals surface area contributed by atoms with Crippen LogP contribution in [-0.4, -0.2) is 45.7 Å². The highest BCUT2D eigenvalue weighted by molar-refractivity contribution is 7.92. The zero-order valence-corrected chi connectivity index (χ0v) is 18.4. The SMILES string of the molecule is CC(OC(=O)c1ccccc1NS(C)(=O)=O)C(=O)Nc1ccc(N2CCCCC2)cc1. The van der Waals surface area contributed by atoms with Gasteiger partial charge >= 0.3 is 5.97 Å². The highest BCUT2D eigenvalue weighted by Crippen LogP contribution is 2.22. The molecule has 0 saturated carbocycles. The Morgan fingerprint density at radius 3 is 2.29 bits per heavy atom. The van der Waals surface area contributed by atoms with Gasteiger partial charge in [0.2, 0.25) is 10.0 Å². The lowest BCUT2D eigenvalue weighted by Crippen LogP contribution is -2.30. The van der Waals surface area contributed by atoms with Gasteiger partial charge in [-0.3, -0.25) is 9.52 Å². The molecule has 8 nitrogen and oxygen atoms in total. The molecule has 0 radical (unpaired) electrons. The summed E-state index contributed by atoms with van der Waals surface area (Å²) < 4.78 is 30.5. The van der Waals surface area contributed by atoms with E-state index in [4.69, 9.17) is 4.74 Å². The molecule has 1 atom stereocenters. The Hall–Kier alpha value is -3.07. The van der Waals surface area contributed by atoms with Gasteiger partial charge in [-0.1, -0.05) is 12.1 Å². The van der Waals surface area contributed by atoms with Crippen molar-refractivity contribution >= 4 is 39.0 Å². The number of benzene rings is 2. The molecule has 1 aliphatic rings. The Morgan fingerprint density at radius 2 is 1.65 bits per heavy atom. The van der Waals surface area contributed by atoms with Crippen LogP contribution in [-0.2, 0) is 19.6 Å². The molecule has 0 spiro atoms. The van der Waals surface area contributed by atoms with Crippen LogP contribution in [0.2, 0.25) is 0 Å². The summed E-state index contributed by atoms with van der Waals surface area (Å²) in [6.45, 7) is 3.53. The predicted octanol–water partition coefficient (Wildman–Crippen LogP) is 3.23. The normalized spacial score (nSPS) is 15.1. The maximum absolute atomic E-state index is 12.5. The lowest BCUT2D eigenvalue weighted by atomic mass is 10.1. The van der Waals surface area contributed by atoms with Crippen LogP contribution in [0, 0.1) is 0 Å². The molecule has 1 aliphatic heterocycles. The third-order valence-electron chi connectivity index (χ3n) is 4.95. The summed E-state index contributed by atoms with van der Waals surface area (Å²) in [7, 11) is -3.57. The lowest BCUT2D eigenvalue weighted by Gasteiger charge is -2.28. The number of ether oxygens (including phenoxy) is 1. The average Bonchev–Trinajstić information content (AvgIpc) is 2.74. The zero-order chi connectivity index (χ0) is 22.4. The molecule has 2 N–H and O–H groups in total. The Kier molecular flexibility index (Phi) is 7.17. The molecule has 1 amide bonds. The number of nitrogens with one attached hydrogen (secondary N) is 2. The maximum atomic E-state index is 12.5. The van der Waals surface area contributed by atoms with Gasteiger partial charge in [0.1, 0.15) is 0 Å². The first-order chi connectivity index (χ1) is 14.7. The molecular formula is C22H27N3O5S. The molecule has 2 aromatic carbocycles. The predicted molar refractivity (Wildman–Crippen MR) is 121 cm³/mol. The highest BCUT2D eigenvalue weighted by atomic mass is 32.2. The first-order valence-corrected chi connectivity index (χ1v) is 12.1. The van der Waals surface area contributed by atoms with Crippen molar-refractivity contribution in [3.63, 3.8) is 0 Å². The van der Waals surface area contributed by atoms with Crippen LogP contribution < -0.4 is 14.9 Å². The quantitative estimate of drug-likeness (QED) is 0.634. The number of anilines is 3. The number of rotatable bonds is 7. The van der Waals surface area contributed by atoms with Crippen LogP contribution in [0.3, 0.4) is 0 Å². The molecule has 9 heteroatoms. The second-order valence-electron chi connectivity index (χ2n) is 7.55. The Labute approximate surface area is 182 Å². The van der Waals surface area contributed by atoms with Gasteiger partial charge in [-0.15, -0.1) is 0 Å². The number of sulfonamides is 1. The Morgan fingerprint density at radius 1 is 1.00 bits per heavy atom. The summed E-state index contributed by atoms with van der Waals surface area (Å²) in [6.07, 6.45) is 3.55. The molecule has 1 fully saturated rings. The van der Waals surface area contributed by atoms with Gasteiger partial charge in [-0.2, -0.15) is 0 Å². The van der Waals surface area contributed by atoms with E-state index >= 15 is 0 Å². The monoisotopic (exact) mass is 445 g/mol. The molecule has 31 heavy (non-hydrogen) atoms. The fourth-order valence-corrected chi connectivity index (χ4v) is 3.96. The third kappa shape index (κ3) is 6.45. The minimum atomic E-state index is -3.57. The van der Waals surface area contributed by atoms with E-state index in [0.29, 0.717) is 5.69 Å². The van der Waals surface area contributed by atoms with Crippen LogP contribution >= 0.6 is 0 Å². The van der Waals surface area contributed by atoms with E-state index in [0.717, 1.165) is 25.0 Å². The first-order valence-electron chi connectivity index (χ1n) is 10.2. The van der Waals surface area contributed by atoms with E-state index in [1.807, 2.05) is 24.3 Å². The van der Waals surface area contributed by atoms with Crippen molar-refractivity contribution in [2.45, 2.75) is 32.3 Å². The summed E-state index contributed by atoms with van der Waals surface area (Å²) in [6, 6.07) is 13.6. The van der Waals surface area contributed by atoms with E-state index in [1.54, 1.807) is 12.1 Å². The number of amides is 1. The van der Waals surface area contributed by atoms with Crippen molar-refractivity contribution in [1.82, 2.24) is 0 Å². The molecule has 1 saturated heterocycles. The Balaban J connectivity index is 1.60. The lowest BCUT2D eigenvalue weighted by molar-refractivity contribution is -0.123. The van der Waals surface area contributed by atoms with Crippen LogP contribution in [0.5, 0.6) is 0 Å². The number of carbonyl (C=O) groups is 2. The molecular weight excluding hydrogens is 418 g/mol. The molecule has 166 valence electrons. The van der Waals surface area contributed by atoms with E-state index in [2.05, 4.69) is 14.9 Å². The number of esters is 1. The number of hydrogen-bond donors (Lipinski definition) is 2. The highest BCUT2D eigenvalue weighted by Gasteiger charge is 2.22. The molecule has 0 aliphatic carbocycles. The van der Waals surface area contributed by atoms with Crippen LogP contribution in [0.4, 0.5) is 17.1 Å². The van der Waals surface area contributed by atoms with E-state index in [9.17, 15) is 18.0 Å². The minimum Gasteiger partial charge on any atom is -0.449 e. The number of carbonyl (C=O) groups excluding carboxylic acids is 2. The number of nitrogens with zero attached hydrogens (tertiary/aromatic N) is 1. The van der Waals surface area contributed by atoms with Crippen LogP contribution in [0.25, 0.3) is 0 Å². The summed E-state index contributed by atoms with van der Waals surface area (Å²) in [4.78, 5) is 27.3. The van der Waals surface area contributed by atoms with Crippen molar-refractivity contribution in [2.24, 2.45) is 0 Å². The van der Waals surface area contributed by atoms with E-state index < -0.39 is 28.0 Å². The zero-order valence-electron chi connectivity index (χ0n) is 17.6. The molecule has 2 aromatic rings. The summed E-state index contributed by atoms with van der Waals surface area (Å²) in [5, 5.41) is 2.74. The molecule has 1 heterocycles. The van der Waals surface area contributed by atoms with Crippen LogP contribution in [0.1, 0.15) is 36.5 Å².